The first-order chi connectivity index (χ1) is 5.66. The molecule has 1 aromatic carbocycles. The summed E-state index contributed by atoms with van der Waals surface area (Å²) < 4.78 is 1.82. The second-order valence-electron chi connectivity index (χ2n) is 2.60. The molecule has 0 aliphatic heterocycles. The molecule has 2 aromatic rings. The van der Waals surface area contributed by atoms with Crippen LogP contribution in [0.5, 0.6) is 5.75 Å². The van der Waals surface area contributed by atoms with Gasteiger partial charge in [0.1, 0.15) is 11.3 Å². The smallest absolute Gasteiger partial charge is 0.160 e. The second-order valence-corrected chi connectivity index (χ2v) is 4.90. The molecule has 2 nitrogen and oxygen atoms in total. The third-order valence-electron chi connectivity index (χ3n) is 1.59. The Morgan fingerprint density at radius 2 is 2.25 bits per heavy atom. The summed E-state index contributed by atoms with van der Waals surface area (Å²) in [7, 11) is 0. The topological polar surface area (TPSA) is 33.1 Å². The highest BCUT2D eigenvalue weighted by Gasteiger charge is 2.05. The number of benzene rings is 1. The molecule has 0 spiro atoms. The van der Waals surface area contributed by atoms with Crippen molar-refractivity contribution in [2.24, 2.45) is 0 Å². The number of aryl methyl sites for hydroxylation is 1. The fraction of sp³-hybridized carbons (Fsp3) is 0.125. The number of nitrogens with zero attached hydrogens (tertiary/aromatic N) is 1. The first-order valence-corrected chi connectivity index (χ1v) is 5.03. The van der Waals surface area contributed by atoms with E-state index in [2.05, 4.69) is 20.9 Å². The Bertz CT molecular complexity index is 438. The van der Waals surface area contributed by atoms with Gasteiger partial charge in [-0.25, -0.2) is 4.98 Å². The van der Waals surface area contributed by atoms with Crippen LogP contribution in [0.25, 0.3) is 10.2 Å². The fourth-order valence-corrected chi connectivity index (χ4v) is 2.63. The number of fused-ring (bicyclic) bond motifs is 1. The molecule has 2 rings (SSSR count). The molecule has 0 saturated carbocycles. The molecule has 0 fully saturated rings. The summed E-state index contributed by atoms with van der Waals surface area (Å²) >= 11 is 4.81. The maximum atomic E-state index is 9.49. The molecule has 1 heterocycles. The fourth-order valence-electron chi connectivity index (χ4n) is 1.12. The Hall–Kier alpha value is -0.610. The lowest BCUT2D eigenvalue weighted by molar-refractivity contribution is 0.480. The molecule has 0 aliphatic carbocycles. The van der Waals surface area contributed by atoms with Gasteiger partial charge in [-0.2, -0.15) is 0 Å². The van der Waals surface area contributed by atoms with E-state index in [-0.39, 0.29) is 5.75 Å². The van der Waals surface area contributed by atoms with E-state index in [1.807, 2.05) is 13.0 Å². The Balaban J connectivity index is 2.88. The minimum Gasteiger partial charge on any atom is -0.506 e. The first kappa shape index (κ1) is 8.01. The van der Waals surface area contributed by atoms with E-state index in [1.54, 1.807) is 6.07 Å². The van der Waals surface area contributed by atoms with Crippen molar-refractivity contribution in [3.63, 3.8) is 0 Å². The van der Waals surface area contributed by atoms with Gasteiger partial charge in [0.15, 0.2) is 3.92 Å². The molecular formula is C8H6BrNOS. The molecular weight excluding hydrogens is 238 g/mol. The zero-order chi connectivity index (χ0) is 8.72. The number of phenolic OH excluding ortho intramolecular Hbond substituents is 1. The Morgan fingerprint density at radius 1 is 1.50 bits per heavy atom. The highest BCUT2D eigenvalue weighted by Crippen LogP contribution is 2.32. The van der Waals surface area contributed by atoms with Crippen LogP contribution >= 0.6 is 27.3 Å². The van der Waals surface area contributed by atoms with Gasteiger partial charge in [0.2, 0.25) is 0 Å². The number of thiazole rings is 1. The van der Waals surface area contributed by atoms with Crippen LogP contribution in [-0.4, -0.2) is 10.1 Å². The maximum absolute atomic E-state index is 9.49. The SMILES string of the molecule is Cc1cc(O)c2nc(Br)sc2c1. The number of aromatic hydroxyl groups is 1. The van der Waals surface area contributed by atoms with Crippen LogP contribution in [-0.2, 0) is 0 Å². The molecule has 62 valence electrons. The normalized spacial score (nSPS) is 10.8. The van der Waals surface area contributed by atoms with Gasteiger partial charge < -0.3 is 5.11 Å². The summed E-state index contributed by atoms with van der Waals surface area (Å²) in [4.78, 5) is 4.14. The minimum absolute atomic E-state index is 0.256. The van der Waals surface area contributed by atoms with Gasteiger partial charge in [-0.3, -0.25) is 0 Å². The van der Waals surface area contributed by atoms with Crippen LogP contribution in [0.1, 0.15) is 5.56 Å². The van der Waals surface area contributed by atoms with Crippen molar-refractivity contribution >= 4 is 37.5 Å². The van der Waals surface area contributed by atoms with Gasteiger partial charge >= 0.3 is 0 Å². The number of halogens is 1. The van der Waals surface area contributed by atoms with E-state index in [9.17, 15) is 5.11 Å². The average molecular weight is 244 g/mol. The Morgan fingerprint density at radius 3 is 3.00 bits per heavy atom. The van der Waals surface area contributed by atoms with E-state index >= 15 is 0 Å². The van der Waals surface area contributed by atoms with Crippen molar-refractivity contribution in [2.45, 2.75) is 6.92 Å². The monoisotopic (exact) mass is 243 g/mol. The molecule has 4 heteroatoms. The lowest BCUT2D eigenvalue weighted by Crippen LogP contribution is -1.73. The molecule has 0 bridgehead atoms. The number of aromatic nitrogens is 1. The molecule has 0 amide bonds. The molecule has 0 aliphatic rings. The van der Waals surface area contributed by atoms with E-state index in [4.69, 9.17) is 0 Å². The lowest BCUT2D eigenvalue weighted by atomic mass is 10.2. The van der Waals surface area contributed by atoms with Crippen molar-refractivity contribution in [3.8, 4) is 5.75 Å². The van der Waals surface area contributed by atoms with Crippen molar-refractivity contribution < 1.29 is 5.11 Å². The standard InChI is InChI=1S/C8H6BrNOS/c1-4-2-5(11)7-6(3-4)12-8(9)10-7/h2-3,11H,1H3. The van der Waals surface area contributed by atoms with Crippen molar-refractivity contribution in [1.82, 2.24) is 4.98 Å². The van der Waals surface area contributed by atoms with Crippen molar-refractivity contribution in [3.05, 3.63) is 21.6 Å². The minimum atomic E-state index is 0.256. The van der Waals surface area contributed by atoms with Crippen LogP contribution in [0.15, 0.2) is 16.0 Å². The highest BCUT2D eigenvalue weighted by atomic mass is 79.9. The number of hydrogen-bond donors (Lipinski definition) is 1. The van der Waals surface area contributed by atoms with E-state index < -0.39 is 0 Å². The predicted octanol–water partition coefficient (Wildman–Crippen LogP) is 3.07. The molecule has 12 heavy (non-hydrogen) atoms. The van der Waals surface area contributed by atoms with E-state index in [0.717, 1.165) is 14.2 Å². The van der Waals surface area contributed by atoms with Gasteiger partial charge in [-0.1, -0.05) is 0 Å². The van der Waals surface area contributed by atoms with Crippen LogP contribution in [0.2, 0.25) is 0 Å². The molecule has 0 unspecified atom stereocenters. The summed E-state index contributed by atoms with van der Waals surface area (Å²) in [6, 6.07) is 3.73. The van der Waals surface area contributed by atoms with Gasteiger partial charge in [0.25, 0.3) is 0 Å². The van der Waals surface area contributed by atoms with Gasteiger partial charge in [0.05, 0.1) is 4.70 Å². The summed E-state index contributed by atoms with van der Waals surface area (Å²) in [5.74, 6) is 0.256. The van der Waals surface area contributed by atoms with E-state index in [1.165, 1.54) is 11.3 Å². The quantitative estimate of drug-likeness (QED) is 0.772. The van der Waals surface area contributed by atoms with Crippen molar-refractivity contribution in [2.75, 3.05) is 0 Å². The molecule has 1 N–H and O–H groups in total. The zero-order valence-corrected chi connectivity index (χ0v) is 8.74. The van der Waals surface area contributed by atoms with Gasteiger partial charge in [0, 0.05) is 0 Å². The summed E-state index contributed by atoms with van der Waals surface area (Å²) in [6.07, 6.45) is 0. The average Bonchev–Trinajstić information content (AvgIpc) is 2.29. The molecule has 0 saturated heterocycles. The summed E-state index contributed by atoms with van der Waals surface area (Å²) in [5, 5.41) is 9.49. The number of rotatable bonds is 0. The van der Waals surface area contributed by atoms with Crippen LogP contribution in [0.3, 0.4) is 0 Å². The van der Waals surface area contributed by atoms with E-state index in [0.29, 0.717) is 5.52 Å². The summed E-state index contributed by atoms with van der Waals surface area (Å²) in [6.45, 7) is 1.95. The molecule has 0 atom stereocenters. The van der Waals surface area contributed by atoms with Crippen LogP contribution in [0, 0.1) is 6.92 Å². The third-order valence-corrected chi connectivity index (χ3v) is 3.05. The largest absolute Gasteiger partial charge is 0.506 e. The Labute approximate surface area is 82.0 Å². The summed E-state index contributed by atoms with van der Waals surface area (Å²) in [5.41, 5.74) is 1.73. The molecule has 0 radical (unpaired) electrons. The van der Waals surface area contributed by atoms with Crippen LogP contribution < -0.4 is 0 Å². The predicted molar refractivity (Wildman–Crippen MR) is 53.7 cm³/mol. The number of phenols is 1. The highest BCUT2D eigenvalue weighted by molar-refractivity contribution is 9.11. The zero-order valence-electron chi connectivity index (χ0n) is 6.34. The number of hydrogen-bond acceptors (Lipinski definition) is 3. The van der Waals surface area contributed by atoms with Crippen LogP contribution in [0.4, 0.5) is 0 Å². The van der Waals surface area contributed by atoms with Gasteiger partial charge in [-0.05, 0) is 40.5 Å². The van der Waals surface area contributed by atoms with Gasteiger partial charge in [-0.15, -0.1) is 11.3 Å². The Kier molecular flexibility index (Phi) is 1.81. The third kappa shape index (κ3) is 1.21. The maximum Gasteiger partial charge on any atom is 0.160 e. The molecule has 1 aromatic heterocycles. The first-order valence-electron chi connectivity index (χ1n) is 3.42. The lowest BCUT2D eigenvalue weighted by Gasteiger charge is -1.94. The van der Waals surface area contributed by atoms with Crippen molar-refractivity contribution in [1.29, 1.82) is 0 Å². The second kappa shape index (κ2) is 2.71.